The van der Waals surface area contributed by atoms with E-state index in [2.05, 4.69) is 9.71 Å². The molecule has 2 aromatic rings. The lowest BCUT2D eigenvalue weighted by atomic mass is 10.1. The van der Waals surface area contributed by atoms with Crippen molar-refractivity contribution in [1.29, 1.82) is 0 Å². The quantitative estimate of drug-likeness (QED) is 0.845. The number of sulfonamides is 1. The van der Waals surface area contributed by atoms with Gasteiger partial charge in [0, 0.05) is 6.20 Å². The minimum Gasteiger partial charge on any atom is -0.477 e. The molecule has 21 heavy (non-hydrogen) atoms. The van der Waals surface area contributed by atoms with Gasteiger partial charge in [-0.3, -0.25) is 4.98 Å². The predicted octanol–water partition coefficient (Wildman–Crippen LogP) is 1.88. The molecule has 0 spiro atoms. The van der Waals surface area contributed by atoms with E-state index in [1.807, 2.05) is 13.0 Å². The molecule has 112 valence electrons. The number of aromatic carboxylic acids is 1. The fraction of sp³-hybridized carbons (Fsp3) is 0.231. The molecule has 0 atom stereocenters. The molecule has 0 aliphatic rings. The third-order valence-corrected chi connectivity index (χ3v) is 5.38. The number of hydrogen-bond acceptors (Lipinski definition) is 5. The van der Waals surface area contributed by atoms with Crippen LogP contribution in [0.1, 0.15) is 27.9 Å². The molecule has 0 aliphatic carbocycles. The summed E-state index contributed by atoms with van der Waals surface area (Å²) < 4.78 is 26.8. The Morgan fingerprint density at radius 3 is 2.86 bits per heavy atom. The van der Waals surface area contributed by atoms with Crippen molar-refractivity contribution in [2.75, 3.05) is 0 Å². The molecule has 2 aromatic heterocycles. The van der Waals surface area contributed by atoms with Crippen LogP contribution in [0.2, 0.25) is 0 Å². The van der Waals surface area contributed by atoms with E-state index < -0.39 is 16.0 Å². The molecule has 6 nitrogen and oxygen atoms in total. The normalized spacial score (nSPS) is 11.5. The molecular weight excluding hydrogens is 312 g/mol. The number of pyridine rings is 1. The van der Waals surface area contributed by atoms with Gasteiger partial charge in [-0.25, -0.2) is 17.9 Å². The average molecular weight is 326 g/mol. The summed E-state index contributed by atoms with van der Waals surface area (Å²) in [5, 5.41) is 10.4. The van der Waals surface area contributed by atoms with Crippen molar-refractivity contribution >= 4 is 27.3 Å². The second-order valence-corrected chi connectivity index (χ2v) is 6.86. The van der Waals surface area contributed by atoms with E-state index >= 15 is 0 Å². The number of rotatable bonds is 6. The summed E-state index contributed by atoms with van der Waals surface area (Å²) in [5.41, 5.74) is 1.58. The third kappa shape index (κ3) is 3.46. The summed E-state index contributed by atoms with van der Waals surface area (Å²) >= 11 is 0.880. The van der Waals surface area contributed by atoms with Crippen LogP contribution in [0, 0.1) is 0 Å². The summed E-state index contributed by atoms with van der Waals surface area (Å²) in [6, 6.07) is 4.96. The SMILES string of the molecule is CCc1cccnc1CNS(=O)(=O)c1ccsc1C(=O)O. The van der Waals surface area contributed by atoms with Gasteiger partial charge in [-0.05, 0) is 29.5 Å². The molecule has 2 heterocycles. The molecule has 2 rings (SSSR count). The molecule has 0 bridgehead atoms. The van der Waals surface area contributed by atoms with Gasteiger partial charge in [0.05, 0.1) is 12.2 Å². The van der Waals surface area contributed by atoms with Crippen LogP contribution in [0.3, 0.4) is 0 Å². The van der Waals surface area contributed by atoms with Crippen LogP contribution in [-0.2, 0) is 23.0 Å². The van der Waals surface area contributed by atoms with E-state index in [4.69, 9.17) is 5.11 Å². The fourth-order valence-electron chi connectivity index (χ4n) is 1.86. The Morgan fingerprint density at radius 1 is 1.43 bits per heavy atom. The zero-order valence-electron chi connectivity index (χ0n) is 11.2. The van der Waals surface area contributed by atoms with Gasteiger partial charge in [-0.2, -0.15) is 0 Å². The highest BCUT2D eigenvalue weighted by Gasteiger charge is 2.23. The fourth-order valence-corrected chi connectivity index (χ4v) is 4.10. The first-order chi connectivity index (χ1) is 9.95. The number of hydrogen-bond donors (Lipinski definition) is 2. The standard InChI is InChI=1S/C13H14N2O4S2/c1-2-9-4-3-6-14-10(9)8-15-21(18,19)11-5-7-20-12(11)13(16)17/h3-7,15H,2,8H2,1H3,(H,16,17). The van der Waals surface area contributed by atoms with Crippen LogP contribution in [0.15, 0.2) is 34.7 Å². The van der Waals surface area contributed by atoms with Gasteiger partial charge in [0.25, 0.3) is 0 Å². The molecule has 0 saturated heterocycles. The van der Waals surface area contributed by atoms with Crippen LogP contribution >= 0.6 is 11.3 Å². The van der Waals surface area contributed by atoms with E-state index in [1.54, 1.807) is 12.3 Å². The van der Waals surface area contributed by atoms with Crippen molar-refractivity contribution in [2.45, 2.75) is 24.8 Å². The maximum atomic E-state index is 12.2. The summed E-state index contributed by atoms with van der Waals surface area (Å²) in [5.74, 6) is -1.25. The van der Waals surface area contributed by atoms with Crippen molar-refractivity contribution in [3.63, 3.8) is 0 Å². The Balaban J connectivity index is 2.22. The van der Waals surface area contributed by atoms with Crippen molar-refractivity contribution in [3.05, 3.63) is 45.9 Å². The van der Waals surface area contributed by atoms with E-state index in [0.717, 1.165) is 23.3 Å². The average Bonchev–Trinajstić information content (AvgIpc) is 2.96. The number of carbonyl (C=O) groups is 1. The summed E-state index contributed by atoms with van der Waals surface area (Å²) in [6.07, 6.45) is 2.33. The van der Waals surface area contributed by atoms with Gasteiger partial charge in [0.1, 0.15) is 9.77 Å². The third-order valence-electron chi connectivity index (χ3n) is 2.91. The van der Waals surface area contributed by atoms with Crippen LogP contribution in [-0.4, -0.2) is 24.5 Å². The molecule has 0 aromatic carbocycles. The molecule has 0 aliphatic heterocycles. The summed E-state index contributed by atoms with van der Waals surface area (Å²) in [4.78, 5) is 14.8. The first-order valence-electron chi connectivity index (χ1n) is 6.19. The Kier molecular flexibility index (Phi) is 4.71. The molecule has 0 fully saturated rings. The Hall–Kier alpha value is -1.77. The van der Waals surface area contributed by atoms with Crippen LogP contribution in [0.25, 0.3) is 0 Å². The summed E-state index contributed by atoms with van der Waals surface area (Å²) in [6.45, 7) is 1.98. The zero-order chi connectivity index (χ0) is 15.5. The zero-order valence-corrected chi connectivity index (χ0v) is 12.9. The highest BCUT2D eigenvalue weighted by Crippen LogP contribution is 2.22. The molecule has 2 N–H and O–H groups in total. The monoisotopic (exact) mass is 326 g/mol. The van der Waals surface area contributed by atoms with Gasteiger partial charge >= 0.3 is 5.97 Å². The van der Waals surface area contributed by atoms with Gasteiger partial charge < -0.3 is 5.11 Å². The number of aromatic nitrogens is 1. The van der Waals surface area contributed by atoms with Crippen molar-refractivity contribution in [3.8, 4) is 0 Å². The van der Waals surface area contributed by atoms with Gasteiger partial charge in [-0.15, -0.1) is 11.3 Å². The van der Waals surface area contributed by atoms with Crippen LogP contribution in [0.4, 0.5) is 0 Å². The Morgan fingerprint density at radius 2 is 2.19 bits per heavy atom. The van der Waals surface area contributed by atoms with Gasteiger partial charge in [-0.1, -0.05) is 13.0 Å². The smallest absolute Gasteiger partial charge is 0.347 e. The lowest BCUT2D eigenvalue weighted by Crippen LogP contribution is -2.25. The molecular formula is C13H14N2O4S2. The van der Waals surface area contributed by atoms with E-state index in [1.165, 1.54) is 11.4 Å². The van der Waals surface area contributed by atoms with E-state index in [9.17, 15) is 13.2 Å². The highest BCUT2D eigenvalue weighted by molar-refractivity contribution is 7.89. The first-order valence-corrected chi connectivity index (χ1v) is 8.55. The number of thiophene rings is 1. The van der Waals surface area contributed by atoms with E-state index in [-0.39, 0.29) is 16.3 Å². The lowest BCUT2D eigenvalue weighted by molar-refractivity contribution is 0.0698. The molecule has 8 heteroatoms. The minimum atomic E-state index is -3.88. The second kappa shape index (κ2) is 6.33. The predicted molar refractivity (Wildman–Crippen MR) is 78.9 cm³/mol. The van der Waals surface area contributed by atoms with Crippen LogP contribution in [0.5, 0.6) is 0 Å². The largest absolute Gasteiger partial charge is 0.477 e. The molecule has 0 saturated carbocycles. The topological polar surface area (TPSA) is 96.4 Å². The maximum absolute atomic E-state index is 12.2. The van der Waals surface area contributed by atoms with Crippen LogP contribution < -0.4 is 4.72 Å². The first kappa shape index (κ1) is 15.6. The van der Waals surface area contributed by atoms with E-state index in [0.29, 0.717) is 5.69 Å². The number of carboxylic acid groups (broad SMARTS) is 1. The number of carboxylic acids is 1. The Bertz CT molecular complexity index is 753. The number of nitrogens with zero attached hydrogens (tertiary/aromatic N) is 1. The number of nitrogens with one attached hydrogen (secondary N) is 1. The molecule has 0 amide bonds. The van der Waals surface area contributed by atoms with Crippen molar-refractivity contribution in [1.82, 2.24) is 9.71 Å². The molecule has 0 radical (unpaired) electrons. The van der Waals surface area contributed by atoms with Gasteiger partial charge in [0.2, 0.25) is 10.0 Å². The number of aryl methyl sites for hydroxylation is 1. The minimum absolute atomic E-state index is 0.0290. The van der Waals surface area contributed by atoms with Crippen molar-refractivity contribution in [2.24, 2.45) is 0 Å². The molecule has 0 unspecified atom stereocenters. The van der Waals surface area contributed by atoms with Crippen molar-refractivity contribution < 1.29 is 18.3 Å². The highest BCUT2D eigenvalue weighted by atomic mass is 32.2. The summed E-state index contributed by atoms with van der Waals surface area (Å²) in [7, 11) is -3.88. The van der Waals surface area contributed by atoms with Gasteiger partial charge in [0.15, 0.2) is 0 Å². The second-order valence-electron chi connectivity index (χ2n) is 4.21. The lowest BCUT2D eigenvalue weighted by Gasteiger charge is -2.08. The Labute approximate surface area is 126 Å². The maximum Gasteiger partial charge on any atom is 0.347 e.